The highest BCUT2D eigenvalue weighted by molar-refractivity contribution is 5.22. The smallest absolute Gasteiger partial charge is 0.0657 e. The van der Waals surface area contributed by atoms with Gasteiger partial charge in [0.2, 0.25) is 0 Å². The first-order chi connectivity index (χ1) is 9.31. The molecular formula is C17H21NO. The van der Waals surface area contributed by atoms with E-state index in [0.717, 1.165) is 0 Å². The average Bonchev–Trinajstić information content (AvgIpc) is 2.48. The largest absolute Gasteiger partial charge is 0.383 e. The summed E-state index contributed by atoms with van der Waals surface area (Å²) in [6, 6.07) is 21.4. The minimum absolute atomic E-state index is 0.210. The summed E-state index contributed by atoms with van der Waals surface area (Å²) in [6.07, 6.45) is 0. The van der Waals surface area contributed by atoms with Crippen LogP contribution in [0, 0.1) is 0 Å². The minimum Gasteiger partial charge on any atom is -0.383 e. The maximum absolute atomic E-state index is 5.33. The Hall–Kier alpha value is -1.64. The zero-order valence-corrected chi connectivity index (χ0v) is 11.5. The number of rotatable bonds is 6. The molecule has 2 atom stereocenters. The van der Waals surface area contributed by atoms with Crippen molar-refractivity contribution in [2.45, 2.75) is 19.0 Å². The van der Waals surface area contributed by atoms with Gasteiger partial charge in [-0.1, -0.05) is 60.7 Å². The van der Waals surface area contributed by atoms with E-state index in [1.54, 1.807) is 7.11 Å². The number of methoxy groups -OCH3 is 1. The molecule has 2 rings (SSSR count). The van der Waals surface area contributed by atoms with Crippen LogP contribution in [-0.2, 0) is 4.74 Å². The molecular weight excluding hydrogens is 234 g/mol. The van der Waals surface area contributed by atoms with Crippen LogP contribution >= 0.6 is 0 Å². The number of hydrogen-bond acceptors (Lipinski definition) is 2. The summed E-state index contributed by atoms with van der Waals surface area (Å²) >= 11 is 0. The Balaban J connectivity index is 2.09. The van der Waals surface area contributed by atoms with E-state index < -0.39 is 0 Å². The molecule has 0 fully saturated rings. The Morgan fingerprint density at radius 3 is 1.95 bits per heavy atom. The van der Waals surface area contributed by atoms with Crippen LogP contribution in [0.25, 0.3) is 0 Å². The predicted octanol–water partition coefficient (Wildman–Crippen LogP) is 3.72. The fourth-order valence-electron chi connectivity index (χ4n) is 2.23. The molecule has 1 N–H and O–H groups in total. The summed E-state index contributed by atoms with van der Waals surface area (Å²) in [6.45, 7) is 2.85. The first-order valence-corrected chi connectivity index (χ1v) is 6.66. The summed E-state index contributed by atoms with van der Waals surface area (Å²) in [7, 11) is 1.74. The van der Waals surface area contributed by atoms with Crippen LogP contribution in [0.1, 0.15) is 30.1 Å². The summed E-state index contributed by atoms with van der Waals surface area (Å²) in [5.74, 6) is 0. The van der Waals surface area contributed by atoms with Crippen LogP contribution in [-0.4, -0.2) is 13.7 Å². The molecule has 0 aliphatic heterocycles. The Bertz CT molecular complexity index is 469. The highest BCUT2D eigenvalue weighted by Crippen LogP contribution is 2.19. The van der Waals surface area contributed by atoms with Crippen molar-refractivity contribution in [1.29, 1.82) is 0 Å². The molecule has 0 heterocycles. The van der Waals surface area contributed by atoms with Crippen LogP contribution in [0.4, 0.5) is 0 Å². The van der Waals surface area contributed by atoms with Gasteiger partial charge in [0.05, 0.1) is 12.6 Å². The summed E-state index contributed by atoms with van der Waals surface area (Å²) < 4.78 is 5.33. The van der Waals surface area contributed by atoms with Crippen LogP contribution in [0.5, 0.6) is 0 Å². The molecule has 0 bridgehead atoms. The van der Waals surface area contributed by atoms with Crippen molar-refractivity contribution in [2.75, 3.05) is 13.7 Å². The SMILES string of the molecule is COCC(NC(C)c1ccccc1)c1ccccc1. The van der Waals surface area contributed by atoms with Crippen molar-refractivity contribution in [1.82, 2.24) is 5.32 Å². The standard InChI is InChI=1S/C17H21NO/c1-14(15-9-5-3-6-10-15)18-17(13-19-2)16-11-7-4-8-12-16/h3-12,14,17-18H,13H2,1-2H3. The molecule has 0 amide bonds. The fourth-order valence-corrected chi connectivity index (χ4v) is 2.23. The predicted molar refractivity (Wildman–Crippen MR) is 79.1 cm³/mol. The van der Waals surface area contributed by atoms with Gasteiger partial charge in [0.1, 0.15) is 0 Å². The van der Waals surface area contributed by atoms with E-state index in [1.807, 2.05) is 12.1 Å². The first kappa shape index (κ1) is 13.8. The second-order valence-electron chi connectivity index (χ2n) is 4.72. The molecule has 19 heavy (non-hydrogen) atoms. The molecule has 2 unspecified atom stereocenters. The lowest BCUT2D eigenvalue weighted by molar-refractivity contribution is 0.162. The van der Waals surface area contributed by atoms with Gasteiger partial charge in [-0.05, 0) is 18.1 Å². The number of benzene rings is 2. The van der Waals surface area contributed by atoms with E-state index in [1.165, 1.54) is 11.1 Å². The van der Waals surface area contributed by atoms with Crippen LogP contribution in [0.15, 0.2) is 60.7 Å². The Kier molecular flexibility index (Phi) is 5.13. The highest BCUT2D eigenvalue weighted by Gasteiger charge is 2.14. The maximum atomic E-state index is 5.33. The van der Waals surface area contributed by atoms with E-state index in [-0.39, 0.29) is 6.04 Å². The lowest BCUT2D eigenvalue weighted by atomic mass is 10.0. The van der Waals surface area contributed by atoms with Gasteiger partial charge in [0.25, 0.3) is 0 Å². The summed E-state index contributed by atoms with van der Waals surface area (Å²) in [5, 5.41) is 3.63. The molecule has 2 aromatic carbocycles. The number of nitrogens with one attached hydrogen (secondary N) is 1. The molecule has 2 aromatic rings. The topological polar surface area (TPSA) is 21.3 Å². The monoisotopic (exact) mass is 255 g/mol. The Labute approximate surface area is 115 Å². The lowest BCUT2D eigenvalue weighted by Gasteiger charge is -2.23. The molecule has 0 spiro atoms. The lowest BCUT2D eigenvalue weighted by Crippen LogP contribution is -2.27. The first-order valence-electron chi connectivity index (χ1n) is 6.66. The number of hydrogen-bond donors (Lipinski definition) is 1. The van der Waals surface area contributed by atoms with Crippen molar-refractivity contribution in [3.63, 3.8) is 0 Å². The van der Waals surface area contributed by atoms with Gasteiger partial charge in [-0.25, -0.2) is 0 Å². The van der Waals surface area contributed by atoms with Gasteiger partial charge < -0.3 is 10.1 Å². The third-order valence-corrected chi connectivity index (χ3v) is 3.29. The summed E-state index contributed by atoms with van der Waals surface area (Å²) in [5.41, 5.74) is 2.55. The van der Waals surface area contributed by atoms with E-state index in [9.17, 15) is 0 Å². The Morgan fingerprint density at radius 1 is 0.895 bits per heavy atom. The van der Waals surface area contributed by atoms with Crippen molar-refractivity contribution in [3.8, 4) is 0 Å². The molecule has 2 nitrogen and oxygen atoms in total. The van der Waals surface area contributed by atoms with Crippen LogP contribution in [0.2, 0.25) is 0 Å². The zero-order valence-electron chi connectivity index (χ0n) is 11.5. The maximum Gasteiger partial charge on any atom is 0.0657 e. The van der Waals surface area contributed by atoms with Gasteiger partial charge in [-0.15, -0.1) is 0 Å². The Morgan fingerprint density at radius 2 is 1.42 bits per heavy atom. The molecule has 2 heteroatoms. The van der Waals surface area contributed by atoms with Crippen LogP contribution < -0.4 is 5.32 Å². The molecule has 0 radical (unpaired) electrons. The van der Waals surface area contributed by atoms with Gasteiger partial charge >= 0.3 is 0 Å². The van der Waals surface area contributed by atoms with Crippen molar-refractivity contribution < 1.29 is 4.74 Å². The highest BCUT2D eigenvalue weighted by atomic mass is 16.5. The molecule has 0 saturated carbocycles. The number of ether oxygens (including phenoxy) is 1. The van der Waals surface area contributed by atoms with E-state index >= 15 is 0 Å². The van der Waals surface area contributed by atoms with E-state index in [0.29, 0.717) is 12.6 Å². The van der Waals surface area contributed by atoms with Crippen LogP contribution in [0.3, 0.4) is 0 Å². The average molecular weight is 255 g/mol. The minimum atomic E-state index is 0.210. The molecule has 100 valence electrons. The molecule has 0 aromatic heterocycles. The third kappa shape index (κ3) is 3.91. The second-order valence-corrected chi connectivity index (χ2v) is 4.72. The normalized spacial score (nSPS) is 14.0. The van der Waals surface area contributed by atoms with Crippen molar-refractivity contribution in [2.24, 2.45) is 0 Å². The van der Waals surface area contributed by atoms with Gasteiger partial charge in [-0.3, -0.25) is 0 Å². The van der Waals surface area contributed by atoms with Crippen molar-refractivity contribution in [3.05, 3.63) is 71.8 Å². The van der Waals surface area contributed by atoms with Gasteiger partial charge in [0, 0.05) is 13.2 Å². The quantitative estimate of drug-likeness (QED) is 0.849. The zero-order chi connectivity index (χ0) is 13.5. The van der Waals surface area contributed by atoms with E-state index in [4.69, 9.17) is 4.74 Å². The second kappa shape index (κ2) is 7.07. The van der Waals surface area contributed by atoms with Gasteiger partial charge in [-0.2, -0.15) is 0 Å². The molecule has 0 aliphatic rings. The van der Waals surface area contributed by atoms with Gasteiger partial charge in [0.15, 0.2) is 0 Å². The van der Waals surface area contributed by atoms with Crippen molar-refractivity contribution >= 4 is 0 Å². The third-order valence-electron chi connectivity index (χ3n) is 3.29. The molecule has 0 saturated heterocycles. The summed E-state index contributed by atoms with van der Waals surface area (Å²) in [4.78, 5) is 0. The molecule has 0 aliphatic carbocycles. The van der Waals surface area contributed by atoms with E-state index in [2.05, 4.69) is 60.8 Å². The fraction of sp³-hybridized carbons (Fsp3) is 0.294.